The third-order valence-corrected chi connectivity index (χ3v) is 3.57. The van der Waals surface area contributed by atoms with Crippen LogP contribution in [0.3, 0.4) is 0 Å². The van der Waals surface area contributed by atoms with E-state index in [4.69, 9.17) is 5.26 Å². The van der Waals surface area contributed by atoms with Crippen molar-refractivity contribution < 1.29 is 4.79 Å². The summed E-state index contributed by atoms with van der Waals surface area (Å²) < 4.78 is 0. The number of nitrogens with one attached hydrogen (secondary N) is 2. The van der Waals surface area contributed by atoms with Crippen molar-refractivity contribution in [1.82, 2.24) is 5.32 Å². The number of rotatable bonds is 6. The zero-order valence-corrected chi connectivity index (χ0v) is 12.2. The Morgan fingerprint density at radius 1 is 1.33 bits per heavy atom. The molecule has 1 aliphatic carbocycles. The number of nitriles is 1. The van der Waals surface area contributed by atoms with Crippen LogP contribution in [0.2, 0.25) is 0 Å². The summed E-state index contributed by atoms with van der Waals surface area (Å²) in [5, 5.41) is 14.8. The maximum atomic E-state index is 11.8. The summed E-state index contributed by atoms with van der Waals surface area (Å²) in [6, 6.07) is 8.99. The molecule has 1 amide bonds. The fourth-order valence-corrected chi connectivity index (χ4v) is 2.45. The van der Waals surface area contributed by atoms with Crippen LogP contribution in [0.25, 0.3) is 0 Å². The first-order valence-corrected chi connectivity index (χ1v) is 7.46. The minimum atomic E-state index is -0.0808. The lowest BCUT2D eigenvalue weighted by Gasteiger charge is -2.13. The molecule has 2 rings (SSSR count). The molecule has 0 atom stereocenters. The molecule has 0 unspecified atom stereocenters. The van der Waals surface area contributed by atoms with Crippen molar-refractivity contribution in [1.29, 1.82) is 5.26 Å². The first-order chi connectivity index (χ1) is 10.3. The zero-order chi connectivity index (χ0) is 14.9. The highest BCUT2D eigenvalue weighted by molar-refractivity contribution is 5.92. The second-order valence-electron chi connectivity index (χ2n) is 5.28. The molecule has 4 heteroatoms. The standard InChI is InChI=1S/C17H21N3O/c18-12-15-7-4-8-16(11-15)20-17(21)13-19-10-9-14-5-2-1-3-6-14/h4-5,7-8,11,19H,1-3,6,9-10,13H2,(H,20,21). The Hall–Kier alpha value is -2.12. The predicted octanol–water partition coefficient (Wildman–Crippen LogP) is 2.98. The van der Waals surface area contributed by atoms with Gasteiger partial charge in [0.15, 0.2) is 0 Å². The Morgan fingerprint density at radius 2 is 2.24 bits per heavy atom. The third kappa shape index (κ3) is 5.41. The Balaban J connectivity index is 1.67. The number of hydrogen-bond donors (Lipinski definition) is 2. The molecule has 0 radical (unpaired) electrons. The second kappa shape index (κ2) is 8.23. The number of allylic oxidation sites excluding steroid dienone is 1. The average molecular weight is 283 g/mol. The maximum Gasteiger partial charge on any atom is 0.238 e. The molecule has 0 aliphatic heterocycles. The highest BCUT2D eigenvalue weighted by Gasteiger charge is 2.05. The topological polar surface area (TPSA) is 64.9 Å². The van der Waals surface area contributed by atoms with Gasteiger partial charge >= 0.3 is 0 Å². The van der Waals surface area contributed by atoms with Crippen LogP contribution in [0.4, 0.5) is 5.69 Å². The molecule has 0 bridgehead atoms. The lowest BCUT2D eigenvalue weighted by atomic mass is 9.97. The van der Waals surface area contributed by atoms with Crippen LogP contribution >= 0.6 is 0 Å². The molecule has 1 aromatic carbocycles. The van der Waals surface area contributed by atoms with E-state index in [0.29, 0.717) is 17.8 Å². The van der Waals surface area contributed by atoms with Crippen molar-refractivity contribution in [3.8, 4) is 6.07 Å². The Morgan fingerprint density at radius 3 is 3.00 bits per heavy atom. The van der Waals surface area contributed by atoms with Crippen molar-refractivity contribution in [2.45, 2.75) is 32.1 Å². The van der Waals surface area contributed by atoms with Gasteiger partial charge in [0.2, 0.25) is 5.91 Å². The quantitative estimate of drug-likeness (QED) is 0.623. The molecule has 1 aromatic rings. The van der Waals surface area contributed by atoms with Crippen molar-refractivity contribution in [3.63, 3.8) is 0 Å². The molecular formula is C17H21N3O. The number of anilines is 1. The van der Waals surface area contributed by atoms with E-state index < -0.39 is 0 Å². The molecule has 1 aliphatic rings. The minimum Gasteiger partial charge on any atom is -0.325 e. The second-order valence-corrected chi connectivity index (χ2v) is 5.28. The third-order valence-electron chi connectivity index (χ3n) is 3.57. The van der Waals surface area contributed by atoms with E-state index in [1.165, 1.54) is 31.3 Å². The monoisotopic (exact) mass is 283 g/mol. The van der Waals surface area contributed by atoms with Crippen LogP contribution in [0.5, 0.6) is 0 Å². The van der Waals surface area contributed by atoms with Gasteiger partial charge in [0.25, 0.3) is 0 Å². The molecule has 0 fully saturated rings. The van der Waals surface area contributed by atoms with Gasteiger partial charge in [-0.1, -0.05) is 17.7 Å². The number of benzene rings is 1. The summed E-state index contributed by atoms with van der Waals surface area (Å²) in [5.74, 6) is -0.0808. The average Bonchev–Trinajstić information content (AvgIpc) is 2.53. The Labute approximate surface area is 125 Å². The van der Waals surface area contributed by atoms with Crippen LogP contribution in [-0.2, 0) is 4.79 Å². The van der Waals surface area contributed by atoms with Gasteiger partial charge in [0.1, 0.15) is 0 Å². The Bertz CT molecular complexity index is 557. The van der Waals surface area contributed by atoms with Crippen molar-refractivity contribution in [3.05, 3.63) is 41.5 Å². The van der Waals surface area contributed by atoms with Gasteiger partial charge in [0, 0.05) is 5.69 Å². The van der Waals surface area contributed by atoms with Gasteiger partial charge in [-0.2, -0.15) is 5.26 Å². The number of carbonyl (C=O) groups excluding carboxylic acids is 1. The van der Waals surface area contributed by atoms with E-state index in [1.807, 2.05) is 0 Å². The van der Waals surface area contributed by atoms with E-state index in [1.54, 1.807) is 24.3 Å². The molecule has 0 saturated heterocycles. The summed E-state index contributed by atoms with van der Waals surface area (Å²) >= 11 is 0. The summed E-state index contributed by atoms with van der Waals surface area (Å²) in [4.78, 5) is 11.8. The van der Waals surface area contributed by atoms with E-state index in [0.717, 1.165) is 13.0 Å². The molecule has 2 N–H and O–H groups in total. The van der Waals surface area contributed by atoms with Crippen LogP contribution in [0.1, 0.15) is 37.7 Å². The van der Waals surface area contributed by atoms with E-state index >= 15 is 0 Å². The summed E-state index contributed by atoms with van der Waals surface area (Å²) in [5.41, 5.74) is 2.72. The Kier molecular flexibility index (Phi) is 5.99. The molecule has 21 heavy (non-hydrogen) atoms. The van der Waals surface area contributed by atoms with Crippen LogP contribution in [-0.4, -0.2) is 19.0 Å². The highest BCUT2D eigenvalue weighted by Crippen LogP contribution is 2.19. The molecule has 110 valence electrons. The van der Waals surface area contributed by atoms with Gasteiger partial charge in [0.05, 0.1) is 18.2 Å². The van der Waals surface area contributed by atoms with Gasteiger partial charge in [-0.15, -0.1) is 0 Å². The van der Waals surface area contributed by atoms with Crippen molar-refractivity contribution in [2.75, 3.05) is 18.4 Å². The smallest absolute Gasteiger partial charge is 0.238 e. The van der Waals surface area contributed by atoms with E-state index in [-0.39, 0.29) is 5.91 Å². The lowest BCUT2D eigenvalue weighted by Crippen LogP contribution is -2.29. The fraction of sp³-hybridized carbons (Fsp3) is 0.412. The normalized spacial score (nSPS) is 14.1. The fourth-order valence-electron chi connectivity index (χ4n) is 2.45. The minimum absolute atomic E-state index is 0.0808. The number of hydrogen-bond acceptors (Lipinski definition) is 3. The molecule has 0 aromatic heterocycles. The van der Waals surface area contributed by atoms with Crippen LogP contribution < -0.4 is 10.6 Å². The predicted molar refractivity (Wildman–Crippen MR) is 83.8 cm³/mol. The first-order valence-electron chi connectivity index (χ1n) is 7.46. The highest BCUT2D eigenvalue weighted by atomic mass is 16.1. The van der Waals surface area contributed by atoms with Gasteiger partial charge in [-0.3, -0.25) is 4.79 Å². The van der Waals surface area contributed by atoms with E-state index in [2.05, 4.69) is 22.8 Å². The first kappa shape index (κ1) is 15.3. The van der Waals surface area contributed by atoms with Crippen molar-refractivity contribution in [2.24, 2.45) is 0 Å². The molecule has 0 heterocycles. The number of amides is 1. The van der Waals surface area contributed by atoms with Crippen LogP contribution in [0, 0.1) is 11.3 Å². The molecular weight excluding hydrogens is 262 g/mol. The van der Waals surface area contributed by atoms with Crippen molar-refractivity contribution >= 4 is 11.6 Å². The number of nitrogens with zero attached hydrogens (tertiary/aromatic N) is 1. The SMILES string of the molecule is N#Cc1cccc(NC(=O)CNCCC2=CCCCC2)c1. The number of carbonyl (C=O) groups is 1. The summed E-state index contributed by atoms with van der Waals surface area (Å²) in [7, 11) is 0. The summed E-state index contributed by atoms with van der Waals surface area (Å²) in [6.07, 6.45) is 8.36. The van der Waals surface area contributed by atoms with Crippen LogP contribution in [0.15, 0.2) is 35.9 Å². The largest absolute Gasteiger partial charge is 0.325 e. The van der Waals surface area contributed by atoms with E-state index in [9.17, 15) is 4.79 Å². The maximum absolute atomic E-state index is 11.8. The molecule has 0 saturated carbocycles. The van der Waals surface area contributed by atoms with Gasteiger partial charge in [-0.25, -0.2) is 0 Å². The molecule has 0 spiro atoms. The summed E-state index contributed by atoms with van der Waals surface area (Å²) in [6.45, 7) is 1.13. The zero-order valence-electron chi connectivity index (χ0n) is 12.2. The lowest BCUT2D eigenvalue weighted by molar-refractivity contribution is -0.115. The van der Waals surface area contributed by atoms with Gasteiger partial charge < -0.3 is 10.6 Å². The van der Waals surface area contributed by atoms with Gasteiger partial charge in [-0.05, 0) is 56.8 Å². The molecule has 4 nitrogen and oxygen atoms in total.